The van der Waals surface area contributed by atoms with Gasteiger partial charge in [-0.2, -0.15) is 0 Å². The van der Waals surface area contributed by atoms with Crippen LogP contribution < -0.4 is 5.32 Å². The average molecular weight is 247 g/mol. The Labute approximate surface area is 98.9 Å². The van der Waals surface area contributed by atoms with Crippen LogP contribution in [0.15, 0.2) is 0 Å². The van der Waals surface area contributed by atoms with E-state index in [1.54, 1.807) is 0 Å². The van der Waals surface area contributed by atoms with Crippen molar-refractivity contribution in [2.75, 3.05) is 5.88 Å². The SMILES string of the molecule is Cc1nc(C)c(C(=O)NC(C)(C)CCl)s1. The molecule has 0 unspecified atom stereocenters. The molecule has 0 aliphatic rings. The van der Waals surface area contributed by atoms with Gasteiger partial charge in [-0.3, -0.25) is 4.79 Å². The number of hydrogen-bond donors (Lipinski definition) is 1. The van der Waals surface area contributed by atoms with Crippen molar-refractivity contribution in [3.05, 3.63) is 15.6 Å². The average Bonchev–Trinajstić information content (AvgIpc) is 2.45. The third-order valence-electron chi connectivity index (χ3n) is 1.90. The minimum atomic E-state index is -0.386. The van der Waals surface area contributed by atoms with Gasteiger partial charge in [0.2, 0.25) is 0 Å². The molecule has 0 aromatic carbocycles. The molecule has 1 aromatic heterocycles. The topological polar surface area (TPSA) is 42.0 Å². The summed E-state index contributed by atoms with van der Waals surface area (Å²) in [7, 11) is 0. The van der Waals surface area contributed by atoms with E-state index in [9.17, 15) is 4.79 Å². The molecule has 0 aliphatic carbocycles. The van der Waals surface area contributed by atoms with Crippen molar-refractivity contribution in [2.24, 2.45) is 0 Å². The zero-order valence-electron chi connectivity index (χ0n) is 9.35. The van der Waals surface area contributed by atoms with Gasteiger partial charge in [-0.05, 0) is 27.7 Å². The van der Waals surface area contributed by atoms with Crippen LogP contribution in [0, 0.1) is 13.8 Å². The lowest BCUT2D eigenvalue weighted by molar-refractivity contribution is 0.0924. The number of halogens is 1. The van der Waals surface area contributed by atoms with Crippen LogP contribution >= 0.6 is 22.9 Å². The van der Waals surface area contributed by atoms with Crippen molar-refractivity contribution >= 4 is 28.8 Å². The van der Waals surface area contributed by atoms with Crippen molar-refractivity contribution in [2.45, 2.75) is 33.2 Å². The molecule has 0 aliphatic heterocycles. The Bertz CT molecular complexity index is 373. The van der Waals surface area contributed by atoms with Gasteiger partial charge in [-0.25, -0.2) is 4.98 Å². The summed E-state index contributed by atoms with van der Waals surface area (Å²) in [6.45, 7) is 7.51. The van der Waals surface area contributed by atoms with Gasteiger partial charge in [-0.1, -0.05) is 0 Å². The normalized spacial score (nSPS) is 11.5. The summed E-state index contributed by atoms with van der Waals surface area (Å²) in [6, 6.07) is 0. The molecule has 1 rings (SSSR count). The highest BCUT2D eigenvalue weighted by Gasteiger charge is 2.22. The largest absolute Gasteiger partial charge is 0.345 e. The molecule has 3 nitrogen and oxygen atoms in total. The standard InChI is InChI=1S/C10H15ClN2OS/c1-6-8(15-7(2)12-6)9(14)13-10(3,4)5-11/h5H2,1-4H3,(H,13,14). The van der Waals surface area contributed by atoms with Crippen molar-refractivity contribution in [1.82, 2.24) is 10.3 Å². The second-order valence-electron chi connectivity index (χ2n) is 4.12. The van der Waals surface area contributed by atoms with E-state index in [0.29, 0.717) is 10.8 Å². The number of alkyl halides is 1. The molecule has 5 heteroatoms. The maximum atomic E-state index is 11.9. The number of amides is 1. The molecule has 0 atom stereocenters. The smallest absolute Gasteiger partial charge is 0.263 e. The van der Waals surface area contributed by atoms with Gasteiger partial charge in [0.1, 0.15) is 4.88 Å². The van der Waals surface area contributed by atoms with Gasteiger partial charge < -0.3 is 5.32 Å². The van der Waals surface area contributed by atoms with Crippen LogP contribution in [0.1, 0.15) is 34.2 Å². The van der Waals surface area contributed by atoms with Gasteiger partial charge in [0.25, 0.3) is 5.91 Å². The highest BCUT2D eigenvalue weighted by atomic mass is 35.5. The molecule has 0 saturated heterocycles. The van der Waals surface area contributed by atoms with E-state index in [1.807, 2.05) is 27.7 Å². The van der Waals surface area contributed by atoms with Gasteiger partial charge in [0, 0.05) is 11.4 Å². The molecule has 15 heavy (non-hydrogen) atoms. The first-order valence-corrected chi connectivity index (χ1v) is 6.03. The number of nitrogens with zero attached hydrogens (tertiary/aromatic N) is 1. The first-order chi connectivity index (χ1) is 6.85. The lowest BCUT2D eigenvalue weighted by Crippen LogP contribution is -2.44. The summed E-state index contributed by atoms with van der Waals surface area (Å²) in [4.78, 5) is 16.7. The fourth-order valence-corrected chi connectivity index (χ4v) is 2.02. The highest BCUT2D eigenvalue weighted by molar-refractivity contribution is 7.13. The quantitative estimate of drug-likeness (QED) is 0.833. The summed E-state index contributed by atoms with van der Waals surface area (Å²) in [6.07, 6.45) is 0. The van der Waals surface area contributed by atoms with E-state index in [2.05, 4.69) is 10.3 Å². The van der Waals surface area contributed by atoms with E-state index in [4.69, 9.17) is 11.6 Å². The zero-order chi connectivity index (χ0) is 11.6. The van der Waals surface area contributed by atoms with Crippen LogP contribution in [0.3, 0.4) is 0 Å². The predicted molar refractivity (Wildman–Crippen MR) is 63.9 cm³/mol. The van der Waals surface area contributed by atoms with E-state index in [1.165, 1.54) is 11.3 Å². The van der Waals surface area contributed by atoms with Crippen LogP contribution in [0.5, 0.6) is 0 Å². The number of thiazole rings is 1. The van der Waals surface area contributed by atoms with Gasteiger partial charge in [0.05, 0.1) is 10.7 Å². The van der Waals surface area contributed by atoms with Crippen LogP contribution in [0.2, 0.25) is 0 Å². The molecular formula is C10H15ClN2OS. The third-order valence-corrected chi connectivity index (χ3v) is 3.64. The molecular weight excluding hydrogens is 232 g/mol. The van der Waals surface area contributed by atoms with Crippen molar-refractivity contribution in [1.29, 1.82) is 0 Å². The molecule has 1 aromatic rings. The second kappa shape index (κ2) is 4.49. The van der Waals surface area contributed by atoms with Gasteiger partial charge >= 0.3 is 0 Å². The number of aromatic nitrogens is 1. The Morgan fingerprint density at radius 3 is 2.53 bits per heavy atom. The third kappa shape index (κ3) is 3.18. The molecule has 1 heterocycles. The Kier molecular flexibility index (Phi) is 3.73. The maximum Gasteiger partial charge on any atom is 0.263 e. The molecule has 0 radical (unpaired) electrons. The van der Waals surface area contributed by atoms with Crippen LogP contribution in [0.4, 0.5) is 0 Å². The summed E-state index contributed by atoms with van der Waals surface area (Å²) >= 11 is 7.15. The highest BCUT2D eigenvalue weighted by Crippen LogP contribution is 2.18. The zero-order valence-corrected chi connectivity index (χ0v) is 10.9. The van der Waals surface area contributed by atoms with Crippen molar-refractivity contribution in [3.8, 4) is 0 Å². The minimum Gasteiger partial charge on any atom is -0.345 e. The van der Waals surface area contributed by atoms with E-state index in [0.717, 1.165) is 10.7 Å². The van der Waals surface area contributed by atoms with E-state index in [-0.39, 0.29) is 11.4 Å². The van der Waals surface area contributed by atoms with Crippen LogP contribution in [-0.2, 0) is 0 Å². The summed E-state index contributed by atoms with van der Waals surface area (Å²) in [5, 5.41) is 3.78. The van der Waals surface area contributed by atoms with E-state index >= 15 is 0 Å². The number of carbonyl (C=O) groups is 1. The first kappa shape index (κ1) is 12.5. The fourth-order valence-electron chi connectivity index (χ4n) is 1.14. The molecule has 0 spiro atoms. The molecule has 1 amide bonds. The molecule has 1 N–H and O–H groups in total. The summed E-state index contributed by atoms with van der Waals surface area (Å²) in [5.41, 5.74) is 0.392. The first-order valence-electron chi connectivity index (χ1n) is 4.68. The minimum absolute atomic E-state index is 0.0937. The fraction of sp³-hybridized carbons (Fsp3) is 0.600. The number of aryl methyl sites for hydroxylation is 2. The van der Waals surface area contributed by atoms with E-state index < -0.39 is 0 Å². The van der Waals surface area contributed by atoms with Crippen LogP contribution in [-0.4, -0.2) is 22.3 Å². The number of nitrogens with one attached hydrogen (secondary N) is 1. The molecule has 84 valence electrons. The summed E-state index contributed by atoms with van der Waals surface area (Å²) < 4.78 is 0. The lowest BCUT2D eigenvalue weighted by atomic mass is 10.1. The second-order valence-corrected chi connectivity index (χ2v) is 5.59. The predicted octanol–water partition coefficient (Wildman–Crippen LogP) is 2.51. The number of rotatable bonds is 3. The molecule has 0 fully saturated rings. The molecule has 0 saturated carbocycles. The number of carbonyl (C=O) groups excluding carboxylic acids is 1. The van der Waals surface area contributed by atoms with Crippen LogP contribution in [0.25, 0.3) is 0 Å². The molecule has 0 bridgehead atoms. The Hall–Kier alpha value is -0.610. The summed E-state index contributed by atoms with van der Waals surface area (Å²) in [5.74, 6) is 0.291. The Morgan fingerprint density at radius 2 is 2.13 bits per heavy atom. The Morgan fingerprint density at radius 1 is 1.53 bits per heavy atom. The monoisotopic (exact) mass is 246 g/mol. The number of hydrogen-bond acceptors (Lipinski definition) is 3. The van der Waals surface area contributed by atoms with Gasteiger partial charge in [-0.15, -0.1) is 22.9 Å². The maximum absolute atomic E-state index is 11.9. The van der Waals surface area contributed by atoms with Crippen molar-refractivity contribution < 1.29 is 4.79 Å². The lowest BCUT2D eigenvalue weighted by Gasteiger charge is -2.22. The van der Waals surface area contributed by atoms with Crippen molar-refractivity contribution in [3.63, 3.8) is 0 Å². The Balaban J connectivity index is 2.82. The van der Waals surface area contributed by atoms with Gasteiger partial charge in [0.15, 0.2) is 0 Å².